The first kappa shape index (κ1) is 13.9. The molecular formula is C15H17N5S. The number of hydrogen-bond donors (Lipinski definition) is 1. The zero-order chi connectivity index (χ0) is 14.5. The molecule has 0 aliphatic carbocycles. The van der Waals surface area contributed by atoms with E-state index in [0.717, 1.165) is 17.9 Å². The SMILES string of the molecule is CCC(NCc1nnnn1-c1ccccc1)c1cccs1. The van der Waals surface area contributed by atoms with E-state index in [4.69, 9.17) is 0 Å². The number of benzene rings is 1. The van der Waals surface area contributed by atoms with Crippen LogP contribution >= 0.6 is 11.3 Å². The predicted molar refractivity (Wildman–Crippen MR) is 83.3 cm³/mol. The number of hydrogen-bond acceptors (Lipinski definition) is 5. The molecule has 3 rings (SSSR count). The van der Waals surface area contributed by atoms with Crippen molar-refractivity contribution in [2.75, 3.05) is 0 Å². The molecule has 0 fully saturated rings. The smallest absolute Gasteiger partial charge is 0.170 e. The second-order valence-corrected chi connectivity index (χ2v) is 5.68. The van der Waals surface area contributed by atoms with Gasteiger partial charge in [-0.15, -0.1) is 16.4 Å². The molecule has 0 bridgehead atoms. The highest BCUT2D eigenvalue weighted by molar-refractivity contribution is 7.10. The van der Waals surface area contributed by atoms with Crippen molar-refractivity contribution in [1.29, 1.82) is 0 Å². The maximum atomic E-state index is 4.12. The standard InChI is InChI=1S/C15H17N5S/c1-2-13(14-9-6-10-21-14)16-11-15-17-18-19-20(15)12-7-4-3-5-8-12/h3-10,13,16H,2,11H2,1H3. The van der Waals surface area contributed by atoms with Crippen LogP contribution in [0.5, 0.6) is 0 Å². The number of nitrogens with one attached hydrogen (secondary N) is 1. The summed E-state index contributed by atoms with van der Waals surface area (Å²) in [6.07, 6.45) is 1.04. The van der Waals surface area contributed by atoms with Gasteiger partial charge in [0.25, 0.3) is 0 Å². The monoisotopic (exact) mass is 299 g/mol. The highest BCUT2D eigenvalue weighted by atomic mass is 32.1. The number of tetrazole rings is 1. The molecule has 0 radical (unpaired) electrons. The molecule has 108 valence electrons. The van der Waals surface area contributed by atoms with Crippen LogP contribution in [0.3, 0.4) is 0 Å². The van der Waals surface area contributed by atoms with Gasteiger partial charge < -0.3 is 5.32 Å². The summed E-state index contributed by atoms with van der Waals surface area (Å²) in [6, 6.07) is 14.5. The van der Waals surface area contributed by atoms with Crippen LogP contribution in [0, 0.1) is 0 Å². The zero-order valence-corrected chi connectivity index (χ0v) is 12.6. The van der Waals surface area contributed by atoms with Gasteiger partial charge in [0.2, 0.25) is 0 Å². The van der Waals surface area contributed by atoms with Gasteiger partial charge in [-0.25, -0.2) is 0 Å². The van der Waals surface area contributed by atoms with E-state index in [0.29, 0.717) is 12.6 Å². The summed E-state index contributed by atoms with van der Waals surface area (Å²) in [5.41, 5.74) is 0.975. The first-order chi connectivity index (χ1) is 10.4. The molecule has 0 amide bonds. The molecule has 5 nitrogen and oxygen atoms in total. The highest BCUT2D eigenvalue weighted by Gasteiger charge is 2.13. The van der Waals surface area contributed by atoms with Crippen LogP contribution in [-0.4, -0.2) is 20.2 Å². The van der Waals surface area contributed by atoms with E-state index in [9.17, 15) is 0 Å². The molecule has 6 heteroatoms. The van der Waals surface area contributed by atoms with Gasteiger partial charge in [-0.05, 0) is 40.4 Å². The lowest BCUT2D eigenvalue weighted by Crippen LogP contribution is -2.21. The molecule has 0 saturated carbocycles. The molecule has 1 atom stereocenters. The minimum atomic E-state index is 0.339. The van der Waals surface area contributed by atoms with Crippen LogP contribution < -0.4 is 5.32 Å². The molecule has 3 aromatic rings. The molecule has 2 aromatic heterocycles. The van der Waals surface area contributed by atoms with E-state index in [2.05, 4.69) is 45.3 Å². The lowest BCUT2D eigenvalue weighted by Gasteiger charge is -2.15. The van der Waals surface area contributed by atoms with Gasteiger partial charge in [-0.3, -0.25) is 0 Å². The lowest BCUT2D eigenvalue weighted by atomic mass is 10.2. The molecule has 1 unspecified atom stereocenters. The van der Waals surface area contributed by atoms with Crippen molar-refractivity contribution in [3.63, 3.8) is 0 Å². The molecule has 1 N–H and O–H groups in total. The van der Waals surface area contributed by atoms with Gasteiger partial charge >= 0.3 is 0 Å². The Labute approximate surface area is 127 Å². The van der Waals surface area contributed by atoms with E-state index in [1.807, 2.05) is 30.3 Å². The first-order valence-corrected chi connectivity index (χ1v) is 7.86. The van der Waals surface area contributed by atoms with Crippen LogP contribution in [0.2, 0.25) is 0 Å². The minimum absolute atomic E-state index is 0.339. The molecule has 0 aliphatic rings. The van der Waals surface area contributed by atoms with Crippen LogP contribution in [0.4, 0.5) is 0 Å². The molecule has 0 aliphatic heterocycles. The van der Waals surface area contributed by atoms with Crippen molar-refractivity contribution in [3.05, 3.63) is 58.5 Å². The molecule has 0 saturated heterocycles. The highest BCUT2D eigenvalue weighted by Crippen LogP contribution is 2.22. The average Bonchev–Trinajstić information content (AvgIpc) is 3.20. The average molecular weight is 299 g/mol. The Morgan fingerprint density at radius 3 is 2.76 bits per heavy atom. The number of thiophene rings is 1. The summed E-state index contributed by atoms with van der Waals surface area (Å²) >= 11 is 1.77. The van der Waals surface area contributed by atoms with E-state index in [-0.39, 0.29) is 0 Å². The normalized spacial score (nSPS) is 12.4. The maximum Gasteiger partial charge on any atom is 0.170 e. The minimum Gasteiger partial charge on any atom is -0.302 e. The maximum absolute atomic E-state index is 4.12. The number of aromatic nitrogens is 4. The first-order valence-electron chi connectivity index (χ1n) is 6.98. The molecule has 1 aromatic carbocycles. The Balaban J connectivity index is 1.73. The van der Waals surface area contributed by atoms with Crippen molar-refractivity contribution < 1.29 is 0 Å². The van der Waals surface area contributed by atoms with Crippen molar-refractivity contribution in [2.45, 2.75) is 25.9 Å². The third-order valence-electron chi connectivity index (χ3n) is 3.34. The van der Waals surface area contributed by atoms with Gasteiger partial charge in [0.15, 0.2) is 5.82 Å². The topological polar surface area (TPSA) is 55.6 Å². The van der Waals surface area contributed by atoms with Gasteiger partial charge in [0.1, 0.15) is 0 Å². The summed E-state index contributed by atoms with van der Waals surface area (Å²) in [5, 5.41) is 17.6. The van der Waals surface area contributed by atoms with Crippen molar-refractivity contribution in [2.24, 2.45) is 0 Å². The molecule has 21 heavy (non-hydrogen) atoms. The van der Waals surface area contributed by atoms with E-state index < -0.39 is 0 Å². The molecule has 2 heterocycles. The van der Waals surface area contributed by atoms with Crippen LogP contribution in [0.15, 0.2) is 47.8 Å². The van der Waals surface area contributed by atoms with Crippen molar-refractivity contribution in [1.82, 2.24) is 25.5 Å². The Morgan fingerprint density at radius 1 is 1.19 bits per heavy atom. The summed E-state index contributed by atoms with van der Waals surface area (Å²) < 4.78 is 1.77. The summed E-state index contributed by atoms with van der Waals surface area (Å²) in [5.74, 6) is 0.816. The largest absolute Gasteiger partial charge is 0.302 e. The van der Waals surface area contributed by atoms with Gasteiger partial charge in [0, 0.05) is 10.9 Å². The van der Waals surface area contributed by atoms with E-state index >= 15 is 0 Å². The fraction of sp³-hybridized carbons (Fsp3) is 0.267. The van der Waals surface area contributed by atoms with Crippen molar-refractivity contribution in [3.8, 4) is 5.69 Å². The van der Waals surface area contributed by atoms with Crippen LogP contribution in [-0.2, 0) is 6.54 Å². The van der Waals surface area contributed by atoms with E-state index in [1.54, 1.807) is 16.0 Å². The Morgan fingerprint density at radius 2 is 2.05 bits per heavy atom. The Bertz CT molecular complexity index is 662. The third kappa shape index (κ3) is 3.17. The second-order valence-electron chi connectivity index (χ2n) is 4.70. The number of para-hydroxylation sites is 1. The van der Waals surface area contributed by atoms with Gasteiger partial charge in [-0.2, -0.15) is 4.68 Å². The fourth-order valence-electron chi connectivity index (χ4n) is 2.24. The second kappa shape index (κ2) is 6.60. The lowest BCUT2D eigenvalue weighted by molar-refractivity contribution is 0.510. The van der Waals surface area contributed by atoms with Gasteiger partial charge in [0.05, 0.1) is 12.2 Å². The summed E-state index contributed by atoms with van der Waals surface area (Å²) in [6.45, 7) is 2.82. The number of nitrogens with zero attached hydrogens (tertiary/aromatic N) is 4. The summed E-state index contributed by atoms with van der Waals surface area (Å²) in [4.78, 5) is 1.34. The Hall–Kier alpha value is -2.05. The fourth-order valence-corrected chi connectivity index (χ4v) is 3.12. The van der Waals surface area contributed by atoms with Crippen LogP contribution in [0.25, 0.3) is 5.69 Å². The molecular weight excluding hydrogens is 282 g/mol. The third-order valence-corrected chi connectivity index (χ3v) is 4.32. The quantitative estimate of drug-likeness (QED) is 0.760. The zero-order valence-electron chi connectivity index (χ0n) is 11.8. The van der Waals surface area contributed by atoms with Crippen molar-refractivity contribution >= 4 is 11.3 Å². The molecule has 0 spiro atoms. The summed E-state index contributed by atoms with van der Waals surface area (Å²) in [7, 11) is 0. The van der Waals surface area contributed by atoms with Gasteiger partial charge in [-0.1, -0.05) is 31.2 Å². The Kier molecular flexibility index (Phi) is 4.37. The van der Waals surface area contributed by atoms with Crippen LogP contribution in [0.1, 0.15) is 30.1 Å². The predicted octanol–water partition coefficient (Wildman–Crippen LogP) is 2.96. The number of rotatable bonds is 6. The van der Waals surface area contributed by atoms with E-state index in [1.165, 1.54) is 4.88 Å².